The summed E-state index contributed by atoms with van der Waals surface area (Å²) < 4.78 is 5.97. The van der Waals surface area contributed by atoms with Crippen LogP contribution >= 0.6 is 11.6 Å². The first-order chi connectivity index (χ1) is 11.4. The number of hydrogen-bond donors (Lipinski definition) is 0. The van der Waals surface area contributed by atoms with E-state index in [1.807, 2.05) is 26.0 Å². The highest BCUT2D eigenvalue weighted by Gasteiger charge is 2.18. The lowest BCUT2D eigenvalue weighted by molar-refractivity contribution is 0.0985. The van der Waals surface area contributed by atoms with Crippen molar-refractivity contribution < 1.29 is 9.53 Å². The second-order valence-corrected chi connectivity index (χ2v) is 6.41. The van der Waals surface area contributed by atoms with E-state index in [2.05, 4.69) is 20.8 Å². The second-order valence-electron chi connectivity index (χ2n) is 5.97. The second kappa shape index (κ2) is 9.48. The predicted octanol–water partition coefficient (Wildman–Crippen LogP) is 6.55. The zero-order chi connectivity index (χ0) is 18.2. The van der Waals surface area contributed by atoms with Gasteiger partial charge in [-0.1, -0.05) is 38.8 Å². The van der Waals surface area contributed by atoms with Gasteiger partial charge in [0.2, 0.25) is 0 Å². The molecule has 0 aliphatic heterocycles. The molecule has 0 saturated heterocycles. The first kappa shape index (κ1) is 20.2. The maximum Gasteiger partial charge on any atom is 0.193 e. The average Bonchev–Trinajstić information content (AvgIpc) is 2.57. The molecular formula is C21H27ClO2. The molecule has 0 radical (unpaired) electrons. The zero-order valence-electron chi connectivity index (χ0n) is 15.2. The van der Waals surface area contributed by atoms with Crippen LogP contribution in [0.1, 0.15) is 63.4 Å². The molecule has 24 heavy (non-hydrogen) atoms. The highest BCUT2D eigenvalue weighted by atomic mass is 35.5. The van der Waals surface area contributed by atoms with Crippen molar-refractivity contribution >= 4 is 17.4 Å². The molecular weight excluding hydrogens is 320 g/mol. The number of carbonyl (C=O) groups excluding carboxylic acids is 1. The van der Waals surface area contributed by atoms with E-state index in [1.54, 1.807) is 36.4 Å². The van der Waals surface area contributed by atoms with Crippen molar-refractivity contribution in [3.8, 4) is 5.75 Å². The van der Waals surface area contributed by atoms with Gasteiger partial charge in [0, 0.05) is 16.1 Å². The third-order valence-corrected chi connectivity index (χ3v) is 3.72. The lowest BCUT2D eigenvalue weighted by Gasteiger charge is -2.26. The summed E-state index contributed by atoms with van der Waals surface area (Å²) in [6, 6.07) is 14.2. The third-order valence-electron chi connectivity index (χ3n) is 3.47. The number of hydrogen-bond acceptors (Lipinski definition) is 2. The molecule has 0 fully saturated rings. The monoisotopic (exact) mass is 346 g/mol. The molecule has 2 nitrogen and oxygen atoms in total. The van der Waals surface area contributed by atoms with Crippen LogP contribution in [0, 0.1) is 0 Å². The summed E-state index contributed by atoms with van der Waals surface area (Å²) in [5, 5.41) is 0.624. The molecule has 2 aromatic carbocycles. The van der Waals surface area contributed by atoms with Crippen LogP contribution in [-0.2, 0) is 0 Å². The highest BCUT2D eigenvalue weighted by molar-refractivity contribution is 6.30. The normalized spacial score (nSPS) is 10.6. The Labute approximate surface area is 150 Å². The predicted molar refractivity (Wildman–Crippen MR) is 102 cm³/mol. The Bertz CT molecular complexity index is 628. The van der Waals surface area contributed by atoms with Crippen molar-refractivity contribution in [3.63, 3.8) is 0 Å². The van der Waals surface area contributed by atoms with Crippen LogP contribution in [0.2, 0.25) is 5.02 Å². The van der Waals surface area contributed by atoms with E-state index in [0.29, 0.717) is 16.1 Å². The van der Waals surface area contributed by atoms with Crippen molar-refractivity contribution in [2.24, 2.45) is 0 Å². The lowest BCUT2D eigenvalue weighted by Crippen LogP contribution is -2.27. The van der Waals surface area contributed by atoms with Crippen molar-refractivity contribution in [1.82, 2.24) is 0 Å². The van der Waals surface area contributed by atoms with Crippen molar-refractivity contribution in [1.29, 1.82) is 0 Å². The Kier molecular flexibility index (Phi) is 8.00. The number of rotatable bonds is 6. The van der Waals surface area contributed by atoms with Crippen LogP contribution in [0.15, 0.2) is 48.5 Å². The first-order valence-electron chi connectivity index (χ1n) is 8.50. The van der Waals surface area contributed by atoms with Crippen molar-refractivity contribution in [3.05, 3.63) is 64.7 Å². The fourth-order valence-corrected chi connectivity index (χ4v) is 2.54. The lowest BCUT2D eigenvalue weighted by atomic mass is 10.0. The summed E-state index contributed by atoms with van der Waals surface area (Å²) in [7, 11) is 0. The Morgan fingerprint density at radius 2 is 1.42 bits per heavy atom. The molecule has 0 saturated carbocycles. The molecule has 0 N–H and O–H groups in total. The van der Waals surface area contributed by atoms with Gasteiger partial charge in [-0.2, -0.15) is 0 Å². The van der Waals surface area contributed by atoms with Crippen LogP contribution < -0.4 is 4.74 Å². The smallest absolute Gasteiger partial charge is 0.193 e. The maximum atomic E-state index is 12.4. The van der Waals surface area contributed by atoms with E-state index in [9.17, 15) is 4.79 Å². The summed E-state index contributed by atoms with van der Waals surface area (Å²) in [5.74, 6) is 0.766. The first-order valence-corrected chi connectivity index (χ1v) is 8.88. The zero-order valence-corrected chi connectivity index (χ0v) is 16.0. The number of halogens is 1. The number of ketones is 1. The van der Waals surface area contributed by atoms with E-state index in [0.717, 1.165) is 18.6 Å². The number of carbonyl (C=O) groups is 1. The van der Waals surface area contributed by atoms with Crippen LogP contribution in [0.5, 0.6) is 5.75 Å². The van der Waals surface area contributed by atoms with E-state index in [4.69, 9.17) is 16.3 Å². The molecule has 130 valence electrons. The molecule has 0 aromatic heterocycles. The van der Waals surface area contributed by atoms with Crippen molar-refractivity contribution in [2.75, 3.05) is 0 Å². The summed E-state index contributed by atoms with van der Waals surface area (Å²) in [6.45, 7) is 10.3. The topological polar surface area (TPSA) is 26.3 Å². The van der Waals surface area contributed by atoms with Gasteiger partial charge in [-0.3, -0.25) is 4.79 Å². The summed E-state index contributed by atoms with van der Waals surface area (Å²) >= 11 is 5.84. The van der Waals surface area contributed by atoms with Gasteiger partial charge in [0.15, 0.2) is 5.78 Å². The minimum Gasteiger partial charge on any atom is -0.488 e. The standard InChI is InChI=1S/C19H21ClO2.C2H6/c1-4-13-19(2,3)22-17-11-7-15(8-12-17)18(21)14-5-9-16(20)10-6-14;1-2/h5-12H,4,13H2,1-3H3;1-2H3. The fourth-order valence-electron chi connectivity index (χ4n) is 2.41. The summed E-state index contributed by atoms with van der Waals surface area (Å²) in [4.78, 5) is 12.4. The number of ether oxygens (including phenoxy) is 1. The van der Waals surface area contributed by atoms with Gasteiger partial charge < -0.3 is 4.74 Å². The van der Waals surface area contributed by atoms with Gasteiger partial charge in [-0.05, 0) is 68.8 Å². The maximum absolute atomic E-state index is 12.4. The van der Waals surface area contributed by atoms with Gasteiger partial charge in [0.25, 0.3) is 0 Å². The Morgan fingerprint density at radius 3 is 1.88 bits per heavy atom. The summed E-state index contributed by atoms with van der Waals surface area (Å²) in [6.07, 6.45) is 2.05. The number of benzene rings is 2. The largest absolute Gasteiger partial charge is 0.488 e. The van der Waals surface area contributed by atoms with E-state index in [-0.39, 0.29) is 11.4 Å². The Balaban J connectivity index is 0.00000139. The fraction of sp³-hybridized carbons (Fsp3) is 0.381. The summed E-state index contributed by atoms with van der Waals surface area (Å²) in [5.41, 5.74) is 1.07. The van der Waals surface area contributed by atoms with Gasteiger partial charge in [0.05, 0.1) is 0 Å². The minimum atomic E-state index is -0.198. The molecule has 0 aliphatic carbocycles. The van der Waals surface area contributed by atoms with Crippen LogP contribution in [0.3, 0.4) is 0 Å². The average molecular weight is 347 g/mol. The molecule has 2 aromatic rings. The molecule has 0 unspecified atom stereocenters. The van der Waals surface area contributed by atoms with Crippen LogP contribution in [0.25, 0.3) is 0 Å². The van der Waals surface area contributed by atoms with Gasteiger partial charge in [-0.25, -0.2) is 0 Å². The van der Waals surface area contributed by atoms with Gasteiger partial charge in [-0.15, -0.1) is 0 Å². The van der Waals surface area contributed by atoms with Crippen LogP contribution in [-0.4, -0.2) is 11.4 Å². The van der Waals surface area contributed by atoms with E-state index in [1.165, 1.54) is 0 Å². The van der Waals surface area contributed by atoms with Crippen LogP contribution in [0.4, 0.5) is 0 Å². The molecule has 0 aliphatic rings. The Hall–Kier alpha value is -1.80. The Morgan fingerprint density at radius 1 is 0.958 bits per heavy atom. The molecule has 0 heterocycles. The van der Waals surface area contributed by atoms with Gasteiger partial charge >= 0.3 is 0 Å². The molecule has 0 atom stereocenters. The quantitative estimate of drug-likeness (QED) is 0.554. The van der Waals surface area contributed by atoms with Gasteiger partial charge in [0.1, 0.15) is 11.4 Å². The molecule has 0 amide bonds. The molecule has 0 bridgehead atoms. The molecule has 3 heteroatoms. The third kappa shape index (κ3) is 6.01. The molecule has 0 spiro atoms. The highest BCUT2D eigenvalue weighted by Crippen LogP contribution is 2.23. The van der Waals surface area contributed by atoms with E-state index < -0.39 is 0 Å². The minimum absolute atomic E-state index is 0.0176. The van der Waals surface area contributed by atoms with Crippen molar-refractivity contribution in [2.45, 2.75) is 53.1 Å². The molecule has 2 rings (SSSR count). The SMILES string of the molecule is CC.CCCC(C)(C)Oc1ccc(C(=O)c2ccc(Cl)cc2)cc1. The van der Waals surface area contributed by atoms with E-state index >= 15 is 0 Å².